The van der Waals surface area contributed by atoms with Crippen molar-refractivity contribution in [3.8, 4) is 0 Å². The number of hydrogen-bond donors (Lipinski definition) is 2. The highest BCUT2D eigenvalue weighted by molar-refractivity contribution is 5.73. The Morgan fingerprint density at radius 2 is 1.75 bits per heavy atom. The van der Waals surface area contributed by atoms with Crippen molar-refractivity contribution >= 4 is 12.1 Å². The Bertz CT molecular complexity index is 1040. The minimum atomic E-state index is -0.976. The molecule has 2 aromatic carbocycles. The highest BCUT2D eigenvalue weighted by Gasteiger charge is 2.46. The number of carbonyl (C=O) groups is 2. The summed E-state index contributed by atoms with van der Waals surface area (Å²) in [6, 6.07) is 18.1. The van der Waals surface area contributed by atoms with Crippen LogP contribution in [-0.2, 0) is 10.3 Å². The molecule has 2 atom stereocenters. The first-order valence-electron chi connectivity index (χ1n) is 13.0. The number of amides is 3. The molecule has 0 radical (unpaired) electrons. The van der Waals surface area contributed by atoms with E-state index in [-0.39, 0.29) is 18.2 Å². The van der Waals surface area contributed by atoms with Crippen LogP contribution in [0.25, 0.3) is 0 Å². The fraction of sp³-hybridized carbons (Fsp3) is 0.517. The number of nitrogens with one attached hydrogen (secondary N) is 1. The minimum Gasteiger partial charge on any atom is -0.438 e. The van der Waals surface area contributed by atoms with Gasteiger partial charge in [-0.3, -0.25) is 0 Å². The van der Waals surface area contributed by atoms with Gasteiger partial charge in [-0.1, -0.05) is 54.6 Å². The van der Waals surface area contributed by atoms with E-state index < -0.39 is 11.2 Å². The van der Waals surface area contributed by atoms with Crippen LogP contribution in [0.15, 0.2) is 54.6 Å². The summed E-state index contributed by atoms with van der Waals surface area (Å²) in [4.78, 5) is 28.8. The van der Waals surface area contributed by atoms with Crippen LogP contribution in [0.4, 0.5) is 9.59 Å². The van der Waals surface area contributed by atoms with Gasteiger partial charge in [-0.15, -0.1) is 0 Å². The first kappa shape index (κ1) is 26.0. The molecule has 3 amide bonds. The number of carbonyl (C=O) groups excluding carboxylic acids is 2. The van der Waals surface area contributed by atoms with E-state index in [0.29, 0.717) is 25.3 Å². The number of ether oxygens (including phenoxy) is 1. The summed E-state index contributed by atoms with van der Waals surface area (Å²) in [6.07, 6.45) is 2.49. The fourth-order valence-corrected chi connectivity index (χ4v) is 5.69. The molecule has 2 heterocycles. The highest BCUT2D eigenvalue weighted by atomic mass is 16.6. The Balaban J connectivity index is 1.43. The van der Waals surface area contributed by atoms with Crippen molar-refractivity contribution in [2.75, 3.05) is 26.7 Å². The smallest absolute Gasteiger partial charge is 0.411 e. The molecule has 4 rings (SSSR count). The summed E-state index contributed by atoms with van der Waals surface area (Å²) in [5.74, 6) is 0.434. The van der Waals surface area contributed by atoms with Gasteiger partial charge in [0.15, 0.2) is 0 Å². The van der Waals surface area contributed by atoms with Gasteiger partial charge >= 0.3 is 12.1 Å². The lowest BCUT2D eigenvalue weighted by Crippen LogP contribution is -2.51. The van der Waals surface area contributed by atoms with Crippen molar-refractivity contribution in [3.63, 3.8) is 0 Å². The number of cyclic esters (lactones) is 1. The van der Waals surface area contributed by atoms with Crippen molar-refractivity contribution < 1.29 is 19.4 Å². The number of nitrogens with zero attached hydrogens (tertiary/aromatic N) is 2. The third-order valence-electron chi connectivity index (χ3n) is 7.65. The highest BCUT2D eigenvalue weighted by Crippen LogP contribution is 2.42. The van der Waals surface area contributed by atoms with Gasteiger partial charge in [0.2, 0.25) is 0 Å². The molecule has 0 bridgehead atoms. The number of hydrogen-bond acceptors (Lipinski definition) is 4. The first-order chi connectivity index (χ1) is 17.1. The van der Waals surface area contributed by atoms with E-state index in [9.17, 15) is 14.7 Å². The van der Waals surface area contributed by atoms with Crippen LogP contribution in [0.1, 0.15) is 75.1 Å². The van der Waals surface area contributed by atoms with Crippen LogP contribution in [-0.4, -0.2) is 59.3 Å². The van der Waals surface area contributed by atoms with E-state index in [1.165, 1.54) is 5.56 Å². The Hall–Kier alpha value is -3.06. The second-order valence-electron chi connectivity index (χ2n) is 10.8. The van der Waals surface area contributed by atoms with E-state index >= 15 is 0 Å². The molecule has 7 nitrogen and oxygen atoms in total. The number of benzene rings is 2. The molecule has 2 saturated heterocycles. The van der Waals surface area contributed by atoms with Gasteiger partial charge in [-0.25, -0.2) is 9.59 Å². The zero-order valence-corrected chi connectivity index (χ0v) is 21.9. The van der Waals surface area contributed by atoms with Crippen LogP contribution in [0, 0.1) is 0 Å². The summed E-state index contributed by atoms with van der Waals surface area (Å²) in [5.41, 5.74) is 1.43. The molecule has 194 valence electrons. The van der Waals surface area contributed by atoms with Crippen molar-refractivity contribution in [2.24, 2.45) is 0 Å². The first-order valence-corrected chi connectivity index (χ1v) is 13.0. The molecule has 2 aliphatic rings. The normalized spacial score (nSPS) is 22.2. The SMILES string of the molecule is CNC(=O)N1CCC(c2ccc([C@H](C)N3CC[C@](CC(C)(C)O)(c4ccccc4)OC3=O)cc2)CC1. The molecule has 36 heavy (non-hydrogen) atoms. The third kappa shape index (κ3) is 5.67. The van der Waals surface area contributed by atoms with Crippen molar-refractivity contribution in [1.82, 2.24) is 15.1 Å². The molecule has 0 unspecified atom stereocenters. The molecule has 7 heteroatoms. The van der Waals surface area contributed by atoms with Crippen LogP contribution >= 0.6 is 0 Å². The number of aliphatic hydroxyl groups is 1. The quantitative estimate of drug-likeness (QED) is 0.582. The van der Waals surface area contributed by atoms with E-state index in [0.717, 1.165) is 37.1 Å². The summed E-state index contributed by atoms with van der Waals surface area (Å²) >= 11 is 0. The van der Waals surface area contributed by atoms with E-state index in [1.807, 2.05) is 42.2 Å². The van der Waals surface area contributed by atoms with Crippen LogP contribution < -0.4 is 5.32 Å². The number of piperidine rings is 1. The van der Waals surface area contributed by atoms with Crippen LogP contribution in [0.5, 0.6) is 0 Å². The number of likely N-dealkylation sites (tertiary alicyclic amines) is 1. The molecule has 0 spiro atoms. The summed E-state index contributed by atoms with van der Waals surface area (Å²) in [6.45, 7) is 7.61. The minimum absolute atomic E-state index is 0.00937. The Kier molecular flexibility index (Phi) is 7.59. The third-order valence-corrected chi connectivity index (χ3v) is 7.65. The van der Waals surface area contributed by atoms with Gasteiger partial charge < -0.3 is 25.0 Å². The predicted octanol–water partition coefficient (Wildman–Crippen LogP) is 5.17. The second kappa shape index (κ2) is 10.5. The second-order valence-corrected chi connectivity index (χ2v) is 10.8. The molecule has 2 aliphatic heterocycles. The van der Waals surface area contributed by atoms with Gasteiger partial charge in [0.25, 0.3) is 0 Å². The van der Waals surface area contributed by atoms with Crippen LogP contribution in [0.3, 0.4) is 0 Å². The predicted molar refractivity (Wildman–Crippen MR) is 140 cm³/mol. The summed E-state index contributed by atoms with van der Waals surface area (Å²) in [7, 11) is 1.67. The lowest BCUT2D eigenvalue weighted by molar-refractivity contribution is -0.101. The molecule has 0 aromatic heterocycles. The van der Waals surface area contributed by atoms with Crippen molar-refractivity contribution in [1.29, 1.82) is 0 Å². The maximum Gasteiger partial charge on any atom is 0.411 e. The molecular formula is C29H39N3O4. The topological polar surface area (TPSA) is 82.1 Å². The molecule has 2 aromatic rings. The van der Waals surface area contributed by atoms with Gasteiger partial charge in [0, 0.05) is 39.5 Å². The fourth-order valence-electron chi connectivity index (χ4n) is 5.69. The zero-order chi connectivity index (χ0) is 25.9. The van der Waals surface area contributed by atoms with Crippen molar-refractivity contribution in [3.05, 3.63) is 71.3 Å². The average molecular weight is 494 g/mol. The molecule has 0 saturated carbocycles. The standard InChI is InChI=1S/C29H39N3O4/c1-21(22-10-12-23(13-11-22)24-14-17-31(18-15-24)26(33)30-4)32-19-16-29(36-27(32)34,20-28(2,3)35)25-8-6-5-7-9-25/h5-13,21,24,35H,14-20H2,1-4H3,(H,30,33)/t21-,29-/m0/s1. The summed E-state index contributed by atoms with van der Waals surface area (Å²) < 4.78 is 6.14. The Labute approximate surface area is 214 Å². The van der Waals surface area contributed by atoms with E-state index in [2.05, 4.69) is 29.6 Å². The maximum absolute atomic E-state index is 13.3. The summed E-state index contributed by atoms with van der Waals surface area (Å²) in [5, 5.41) is 13.3. The lowest BCUT2D eigenvalue weighted by atomic mass is 9.80. The zero-order valence-electron chi connectivity index (χ0n) is 21.9. The molecule has 2 fully saturated rings. The molecule has 0 aliphatic carbocycles. The lowest BCUT2D eigenvalue weighted by Gasteiger charge is -2.45. The van der Waals surface area contributed by atoms with Gasteiger partial charge in [0.05, 0.1) is 11.6 Å². The van der Waals surface area contributed by atoms with Gasteiger partial charge in [-0.05, 0) is 56.2 Å². The molecular weight excluding hydrogens is 454 g/mol. The van der Waals surface area contributed by atoms with Gasteiger partial charge in [-0.2, -0.15) is 0 Å². The number of rotatable bonds is 6. The van der Waals surface area contributed by atoms with E-state index in [4.69, 9.17) is 4.74 Å². The molecule has 2 N–H and O–H groups in total. The van der Waals surface area contributed by atoms with Gasteiger partial charge in [0.1, 0.15) is 5.60 Å². The van der Waals surface area contributed by atoms with Crippen molar-refractivity contribution in [2.45, 2.75) is 69.6 Å². The Morgan fingerprint density at radius 3 is 2.31 bits per heavy atom. The Morgan fingerprint density at radius 1 is 1.11 bits per heavy atom. The number of urea groups is 1. The monoisotopic (exact) mass is 493 g/mol. The average Bonchev–Trinajstić information content (AvgIpc) is 2.88. The van der Waals surface area contributed by atoms with E-state index in [1.54, 1.807) is 25.8 Å². The largest absolute Gasteiger partial charge is 0.438 e. The maximum atomic E-state index is 13.3. The van der Waals surface area contributed by atoms with Crippen LogP contribution in [0.2, 0.25) is 0 Å².